The van der Waals surface area contributed by atoms with Gasteiger partial charge in [-0.25, -0.2) is 0 Å². The molecule has 2 saturated heterocycles. The number of piperidine rings is 1. The Labute approximate surface area is 129 Å². The molecule has 0 radical (unpaired) electrons. The van der Waals surface area contributed by atoms with Crippen molar-refractivity contribution in [3.63, 3.8) is 0 Å². The molecule has 1 aromatic rings. The fourth-order valence-corrected chi connectivity index (χ4v) is 4.14. The predicted octanol–water partition coefficient (Wildman–Crippen LogP) is 3.32. The van der Waals surface area contributed by atoms with Gasteiger partial charge in [0.25, 0.3) is 0 Å². The van der Waals surface area contributed by atoms with Crippen molar-refractivity contribution >= 4 is 27.9 Å². The number of carbonyl (C=O) groups excluding carboxylic acids is 1. The number of benzene rings is 1. The number of rotatable bonds is 2. The highest BCUT2D eigenvalue weighted by molar-refractivity contribution is 9.10. The highest BCUT2D eigenvalue weighted by Crippen LogP contribution is 2.33. The quantitative estimate of drug-likeness (QED) is 0.774. The summed E-state index contributed by atoms with van der Waals surface area (Å²) in [5, 5.41) is 0. The molecule has 2 aliphatic heterocycles. The Bertz CT molecular complexity index is 505. The molecule has 0 N–H and O–H groups in total. The summed E-state index contributed by atoms with van der Waals surface area (Å²) in [6.45, 7) is 5.80. The summed E-state index contributed by atoms with van der Waals surface area (Å²) in [7, 11) is 0. The number of fused-ring (bicyclic) bond motifs is 1. The highest BCUT2D eigenvalue weighted by atomic mass is 79.9. The second kappa shape index (κ2) is 5.86. The van der Waals surface area contributed by atoms with Gasteiger partial charge in [0.1, 0.15) is 6.29 Å². The summed E-state index contributed by atoms with van der Waals surface area (Å²) < 4.78 is 1.03. The number of hydrogen-bond acceptors (Lipinski definition) is 3. The summed E-state index contributed by atoms with van der Waals surface area (Å²) in [4.78, 5) is 16.0. The maximum atomic E-state index is 10.9. The van der Waals surface area contributed by atoms with Crippen molar-refractivity contribution in [2.75, 3.05) is 24.5 Å². The Kier molecular flexibility index (Phi) is 4.13. The van der Waals surface area contributed by atoms with Crippen LogP contribution < -0.4 is 4.90 Å². The van der Waals surface area contributed by atoms with Crippen LogP contribution in [0.4, 0.5) is 5.69 Å². The summed E-state index contributed by atoms with van der Waals surface area (Å²) in [6.07, 6.45) is 4.92. The minimum Gasteiger partial charge on any atom is -0.365 e. The van der Waals surface area contributed by atoms with E-state index < -0.39 is 0 Å². The Morgan fingerprint density at radius 3 is 2.90 bits per heavy atom. The van der Waals surface area contributed by atoms with E-state index >= 15 is 0 Å². The fourth-order valence-electron chi connectivity index (χ4n) is 3.52. The summed E-state index contributed by atoms with van der Waals surface area (Å²) in [6, 6.07) is 7.11. The number of nitrogens with zero attached hydrogens (tertiary/aromatic N) is 2. The van der Waals surface area contributed by atoms with Crippen LogP contribution in [-0.4, -0.2) is 42.9 Å². The molecule has 2 aliphatic rings. The third kappa shape index (κ3) is 2.63. The molecule has 2 heterocycles. The van der Waals surface area contributed by atoms with Gasteiger partial charge in [-0.05, 0) is 60.4 Å². The number of hydrogen-bond donors (Lipinski definition) is 0. The van der Waals surface area contributed by atoms with Crippen molar-refractivity contribution in [3.05, 3.63) is 28.2 Å². The van der Waals surface area contributed by atoms with E-state index in [1.165, 1.54) is 31.5 Å². The van der Waals surface area contributed by atoms with Crippen LogP contribution in [0.25, 0.3) is 0 Å². The van der Waals surface area contributed by atoms with Gasteiger partial charge in [-0.3, -0.25) is 9.69 Å². The molecule has 4 heteroatoms. The second-order valence-corrected chi connectivity index (χ2v) is 6.83. The Morgan fingerprint density at radius 2 is 2.15 bits per heavy atom. The lowest BCUT2D eigenvalue weighted by molar-refractivity contribution is 0.112. The lowest BCUT2D eigenvalue weighted by Gasteiger charge is -2.48. The largest absolute Gasteiger partial charge is 0.365 e. The van der Waals surface area contributed by atoms with E-state index in [1.807, 2.05) is 12.1 Å². The minimum atomic E-state index is 0.516. The Balaban J connectivity index is 1.84. The molecule has 0 amide bonds. The topological polar surface area (TPSA) is 23.6 Å². The first-order valence-corrected chi connectivity index (χ1v) is 8.24. The van der Waals surface area contributed by atoms with Crippen molar-refractivity contribution < 1.29 is 4.79 Å². The van der Waals surface area contributed by atoms with Crippen LogP contribution in [0.2, 0.25) is 0 Å². The average Bonchev–Trinajstić information content (AvgIpc) is 2.46. The van der Waals surface area contributed by atoms with Crippen LogP contribution in [0.5, 0.6) is 0 Å². The molecular formula is C16H21BrN2O. The molecule has 20 heavy (non-hydrogen) atoms. The maximum Gasteiger partial charge on any atom is 0.150 e. The molecule has 3 rings (SSSR count). The van der Waals surface area contributed by atoms with Gasteiger partial charge in [0, 0.05) is 35.2 Å². The molecule has 0 bridgehead atoms. The molecule has 1 aromatic carbocycles. The van der Waals surface area contributed by atoms with Crippen LogP contribution in [0, 0.1) is 0 Å². The molecule has 2 atom stereocenters. The van der Waals surface area contributed by atoms with Gasteiger partial charge in [0.05, 0.1) is 5.69 Å². The van der Waals surface area contributed by atoms with Crippen LogP contribution in [0.1, 0.15) is 36.5 Å². The number of carbonyl (C=O) groups is 1. The molecule has 0 aliphatic carbocycles. The average molecular weight is 337 g/mol. The minimum absolute atomic E-state index is 0.516. The molecule has 0 spiro atoms. The van der Waals surface area contributed by atoms with Crippen molar-refractivity contribution in [1.82, 2.24) is 4.90 Å². The van der Waals surface area contributed by atoms with E-state index in [4.69, 9.17) is 0 Å². The van der Waals surface area contributed by atoms with E-state index in [0.717, 1.165) is 29.4 Å². The number of piperazine rings is 1. The fraction of sp³-hybridized carbons (Fsp3) is 0.562. The van der Waals surface area contributed by atoms with E-state index in [0.29, 0.717) is 12.1 Å². The zero-order valence-corrected chi connectivity index (χ0v) is 13.5. The Hall–Kier alpha value is -0.870. The molecule has 0 saturated carbocycles. The zero-order valence-electron chi connectivity index (χ0n) is 11.9. The van der Waals surface area contributed by atoms with Gasteiger partial charge in [-0.1, -0.05) is 6.42 Å². The van der Waals surface area contributed by atoms with E-state index in [2.05, 4.69) is 38.7 Å². The van der Waals surface area contributed by atoms with Gasteiger partial charge in [0.15, 0.2) is 0 Å². The normalized spacial score (nSPS) is 27.2. The molecule has 2 fully saturated rings. The van der Waals surface area contributed by atoms with Crippen LogP contribution in [0.15, 0.2) is 22.7 Å². The zero-order chi connectivity index (χ0) is 14.1. The second-order valence-electron chi connectivity index (χ2n) is 5.97. The van der Waals surface area contributed by atoms with Crippen molar-refractivity contribution in [3.8, 4) is 0 Å². The van der Waals surface area contributed by atoms with Crippen LogP contribution in [-0.2, 0) is 0 Å². The number of aldehydes is 1. The first-order valence-electron chi connectivity index (χ1n) is 7.44. The van der Waals surface area contributed by atoms with Gasteiger partial charge >= 0.3 is 0 Å². The molecule has 2 unspecified atom stereocenters. The predicted molar refractivity (Wildman–Crippen MR) is 85.5 cm³/mol. The maximum absolute atomic E-state index is 10.9. The van der Waals surface area contributed by atoms with Crippen molar-refractivity contribution in [2.45, 2.75) is 38.3 Å². The highest BCUT2D eigenvalue weighted by Gasteiger charge is 2.33. The SMILES string of the molecule is CC1CN2CCCCC2CN1c1ccc(C=O)cc1Br. The molecule has 108 valence electrons. The Morgan fingerprint density at radius 1 is 1.30 bits per heavy atom. The van der Waals surface area contributed by atoms with E-state index in [1.54, 1.807) is 0 Å². The van der Waals surface area contributed by atoms with Gasteiger partial charge in [-0.2, -0.15) is 0 Å². The van der Waals surface area contributed by atoms with E-state index in [-0.39, 0.29) is 0 Å². The molecule has 0 aromatic heterocycles. The van der Waals surface area contributed by atoms with Crippen LogP contribution >= 0.6 is 15.9 Å². The first kappa shape index (κ1) is 14.1. The molecular weight excluding hydrogens is 316 g/mol. The number of anilines is 1. The third-order valence-electron chi connectivity index (χ3n) is 4.60. The lowest BCUT2D eigenvalue weighted by Crippen LogP contribution is -2.58. The monoisotopic (exact) mass is 336 g/mol. The lowest BCUT2D eigenvalue weighted by atomic mass is 9.96. The number of halogens is 1. The van der Waals surface area contributed by atoms with Gasteiger partial charge < -0.3 is 4.90 Å². The standard InChI is InChI=1S/C16H21BrN2O/c1-12-9-18-7-3-2-4-14(18)10-19(12)16-6-5-13(11-20)8-15(16)17/h5-6,8,11-12,14H,2-4,7,9-10H2,1H3. The van der Waals surface area contributed by atoms with Gasteiger partial charge in [-0.15, -0.1) is 0 Å². The first-order chi connectivity index (χ1) is 9.69. The molecule has 3 nitrogen and oxygen atoms in total. The van der Waals surface area contributed by atoms with Gasteiger partial charge in [0.2, 0.25) is 0 Å². The van der Waals surface area contributed by atoms with Crippen molar-refractivity contribution in [2.24, 2.45) is 0 Å². The third-order valence-corrected chi connectivity index (χ3v) is 5.24. The summed E-state index contributed by atoms with van der Waals surface area (Å²) >= 11 is 3.62. The summed E-state index contributed by atoms with van der Waals surface area (Å²) in [5.41, 5.74) is 1.94. The van der Waals surface area contributed by atoms with E-state index in [9.17, 15) is 4.79 Å². The summed E-state index contributed by atoms with van der Waals surface area (Å²) in [5.74, 6) is 0. The smallest absolute Gasteiger partial charge is 0.150 e. The van der Waals surface area contributed by atoms with Crippen LogP contribution in [0.3, 0.4) is 0 Å². The van der Waals surface area contributed by atoms with Crippen molar-refractivity contribution in [1.29, 1.82) is 0 Å².